The van der Waals surface area contributed by atoms with E-state index in [1.807, 2.05) is 18.2 Å². The number of rotatable bonds is 4. The third-order valence-corrected chi connectivity index (χ3v) is 1.89. The zero-order valence-corrected chi connectivity index (χ0v) is 7.91. The number of methoxy groups -OCH3 is 2. The number of aliphatic hydroxyl groups is 1. The van der Waals surface area contributed by atoms with Crippen LogP contribution in [0, 0.1) is 0 Å². The van der Waals surface area contributed by atoms with Crippen LogP contribution in [0.2, 0.25) is 0 Å². The number of hydrogen-bond donors (Lipinski definition) is 1. The highest BCUT2D eigenvalue weighted by Gasteiger charge is 2.07. The van der Waals surface area contributed by atoms with Crippen molar-refractivity contribution < 1.29 is 14.6 Å². The summed E-state index contributed by atoms with van der Waals surface area (Å²) in [6.45, 7) is 0.0940. The average Bonchev–Trinajstić information content (AvgIpc) is 2.18. The lowest BCUT2D eigenvalue weighted by atomic mass is 10.1. The minimum absolute atomic E-state index is 0.0940. The van der Waals surface area contributed by atoms with Gasteiger partial charge in [0.2, 0.25) is 0 Å². The van der Waals surface area contributed by atoms with Gasteiger partial charge in [-0.15, -0.1) is 0 Å². The van der Waals surface area contributed by atoms with E-state index in [2.05, 4.69) is 0 Å². The van der Waals surface area contributed by atoms with Crippen LogP contribution in [0.1, 0.15) is 5.56 Å². The van der Waals surface area contributed by atoms with Crippen LogP contribution in [0.3, 0.4) is 0 Å². The van der Waals surface area contributed by atoms with Crippen molar-refractivity contribution in [2.75, 3.05) is 20.8 Å². The van der Waals surface area contributed by atoms with Crippen LogP contribution >= 0.6 is 0 Å². The van der Waals surface area contributed by atoms with Crippen LogP contribution in [0.5, 0.6) is 11.5 Å². The molecule has 0 amide bonds. The molecule has 1 N–H and O–H groups in total. The largest absolute Gasteiger partial charge is 0.496 e. The minimum atomic E-state index is 0.0940. The number of hydrogen-bond acceptors (Lipinski definition) is 3. The maximum absolute atomic E-state index is 8.85. The van der Waals surface area contributed by atoms with Gasteiger partial charge in [-0.3, -0.25) is 0 Å². The lowest BCUT2D eigenvalue weighted by molar-refractivity contribution is 0.293. The maximum Gasteiger partial charge on any atom is 0.125 e. The highest BCUT2D eigenvalue weighted by molar-refractivity contribution is 5.44. The zero-order chi connectivity index (χ0) is 9.68. The molecule has 72 valence electrons. The van der Waals surface area contributed by atoms with Crippen LogP contribution in [0.25, 0.3) is 0 Å². The summed E-state index contributed by atoms with van der Waals surface area (Å²) in [4.78, 5) is 0. The van der Waals surface area contributed by atoms with Crippen LogP contribution in [0.4, 0.5) is 0 Å². The second-order valence-electron chi connectivity index (χ2n) is 2.61. The lowest BCUT2D eigenvalue weighted by Gasteiger charge is -2.11. The first-order valence-corrected chi connectivity index (χ1v) is 4.14. The molecule has 3 heteroatoms. The standard InChI is InChI=1S/C10H14O3/c1-12-9-4-3-5-10(13-2)8(9)6-7-11/h3-5,11H,6-7H2,1-2H3. The molecule has 0 radical (unpaired) electrons. The summed E-state index contributed by atoms with van der Waals surface area (Å²) in [5.74, 6) is 1.52. The van der Waals surface area contributed by atoms with Crippen molar-refractivity contribution in [1.29, 1.82) is 0 Å². The number of ether oxygens (including phenoxy) is 2. The predicted octanol–water partition coefficient (Wildman–Crippen LogP) is 1.24. The molecule has 1 rings (SSSR count). The van der Waals surface area contributed by atoms with Gasteiger partial charge in [0.25, 0.3) is 0 Å². The van der Waals surface area contributed by atoms with E-state index in [4.69, 9.17) is 14.6 Å². The molecule has 13 heavy (non-hydrogen) atoms. The van der Waals surface area contributed by atoms with E-state index in [9.17, 15) is 0 Å². The Morgan fingerprint density at radius 1 is 1.15 bits per heavy atom. The highest BCUT2D eigenvalue weighted by atomic mass is 16.5. The average molecular weight is 182 g/mol. The normalized spacial score (nSPS) is 9.77. The van der Waals surface area contributed by atoms with Gasteiger partial charge in [-0.25, -0.2) is 0 Å². The molecule has 1 aromatic carbocycles. The van der Waals surface area contributed by atoms with Gasteiger partial charge >= 0.3 is 0 Å². The van der Waals surface area contributed by atoms with Crippen molar-refractivity contribution in [3.8, 4) is 11.5 Å². The summed E-state index contributed by atoms with van der Waals surface area (Å²) in [6.07, 6.45) is 0.549. The topological polar surface area (TPSA) is 38.7 Å². The van der Waals surface area contributed by atoms with Gasteiger partial charge in [0.15, 0.2) is 0 Å². The van der Waals surface area contributed by atoms with E-state index in [-0.39, 0.29) is 6.61 Å². The smallest absolute Gasteiger partial charge is 0.125 e. The summed E-state index contributed by atoms with van der Waals surface area (Å²) >= 11 is 0. The summed E-state index contributed by atoms with van der Waals surface area (Å²) < 4.78 is 10.3. The van der Waals surface area contributed by atoms with Gasteiger partial charge in [-0.2, -0.15) is 0 Å². The Balaban J connectivity index is 3.05. The van der Waals surface area contributed by atoms with Crippen molar-refractivity contribution in [2.45, 2.75) is 6.42 Å². The van der Waals surface area contributed by atoms with Gasteiger partial charge < -0.3 is 14.6 Å². The summed E-state index contributed by atoms with van der Waals surface area (Å²) in [6, 6.07) is 5.57. The lowest BCUT2D eigenvalue weighted by Crippen LogP contribution is -1.99. The van der Waals surface area contributed by atoms with Crippen molar-refractivity contribution in [1.82, 2.24) is 0 Å². The first-order chi connectivity index (χ1) is 6.33. The molecule has 0 heterocycles. The summed E-state index contributed by atoms with van der Waals surface area (Å²) in [5, 5.41) is 8.85. The Hall–Kier alpha value is -1.22. The van der Waals surface area contributed by atoms with E-state index >= 15 is 0 Å². The Morgan fingerprint density at radius 3 is 2.08 bits per heavy atom. The number of benzene rings is 1. The Labute approximate surface area is 77.9 Å². The second kappa shape index (κ2) is 4.72. The van der Waals surface area contributed by atoms with E-state index < -0.39 is 0 Å². The Bertz CT molecular complexity index is 249. The maximum atomic E-state index is 8.85. The van der Waals surface area contributed by atoms with Crippen LogP contribution < -0.4 is 9.47 Å². The first-order valence-electron chi connectivity index (χ1n) is 4.14. The molecule has 0 atom stereocenters. The molecular formula is C10H14O3. The van der Waals surface area contributed by atoms with E-state index in [0.717, 1.165) is 17.1 Å². The van der Waals surface area contributed by atoms with Crippen LogP contribution in [0.15, 0.2) is 18.2 Å². The zero-order valence-electron chi connectivity index (χ0n) is 7.91. The first kappa shape index (κ1) is 9.86. The molecule has 0 aliphatic rings. The second-order valence-corrected chi connectivity index (χ2v) is 2.61. The molecule has 0 aliphatic carbocycles. The third kappa shape index (κ3) is 2.12. The molecular weight excluding hydrogens is 168 g/mol. The van der Waals surface area contributed by atoms with E-state index in [1.165, 1.54) is 0 Å². The molecule has 0 bridgehead atoms. The van der Waals surface area contributed by atoms with Gasteiger partial charge in [0.1, 0.15) is 11.5 Å². The van der Waals surface area contributed by atoms with E-state index in [1.54, 1.807) is 14.2 Å². The molecule has 0 spiro atoms. The predicted molar refractivity (Wildman–Crippen MR) is 50.3 cm³/mol. The van der Waals surface area contributed by atoms with Crippen molar-refractivity contribution >= 4 is 0 Å². The Kier molecular flexibility index (Phi) is 3.58. The minimum Gasteiger partial charge on any atom is -0.496 e. The Morgan fingerprint density at radius 2 is 1.69 bits per heavy atom. The van der Waals surface area contributed by atoms with Crippen molar-refractivity contribution in [3.63, 3.8) is 0 Å². The van der Waals surface area contributed by atoms with Gasteiger partial charge in [0, 0.05) is 18.6 Å². The fourth-order valence-corrected chi connectivity index (χ4v) is 1.29. The number of aliphatic hydroxyl groups excluding tert-OH is 1. The molecule has 0 aliphatic heterocycles. The monoisotopic (exact) mass is 182 g/mol. The van der Waals surface area contributed by atoms with Crippen molar-refractivity contribution in [2.24, 2.45) is 0 Å². The van der Waals surface area contributed by atoms with Gasteiger partial charge in [-0.05, 0) is 12.1 Å². The molecule has 0 saturated heterocycles. The highest BCUT2D eigenvalue weighted by Crippen LogP contribution is 2.28. The third-order valence-electron chi connectivity index (χ3n) is 1.89. The van der Waals surface area contributed by atoms with Crippen molar-refractivity contribution in [3.05, 3.63) is 23.8 Å². The summed E-state index contributed by atoms with van der Waals surface area (Å²) in [7, 11) is 3.21. The van der Waals surface area contributed by atoms with E-state index in [0.29, 0.717) is 6.42 Å². The molecule has 0 aromatic heterocycles. The van der Waals surface area contributed by atoms with Crippen LogP contribution in [-0.4, -0.2) is 25.9 Å². The quantitative estimate of drug-likeness (QED) is 0.761. The molecule has 3 nitrogen and oxygen atoms in total. The molecule has 0 saturated carbocycles. The molecule has 1 aromatic rings. The SMILES string of the molecule is COc1cccc(OC)c1CCO. The van der Waals surface area contributed by atoms with Gasteiger partial charge in [-0.1, -0.05) is 6.07 Å². The summed E-state index contributed by atoms with van der Waals surface area (Å²) in [5.41, 5.74) is 0.912. The van der Waals surface area contributed by atoms with Gasteiger partial charge in [0.05, 0.1) is 14.2 Å². The fourth-order valence-electron chi connectivity index (χ4n) is 1.29. The van der Waals surface area contributed by atoms with Crippen LogP contribution in [-0.2, 0) is 6.42 Å². The molecule has 0 fully saturated rings. The molecule has 0 unspecified atom stereocenters. The fraction of sp³-hybridized carbons (Fsp3) is 0.400.